The summed E-state index contributed by atoms with van der Waals surface area (Å²) in [5, 5.41) is 0. The van der Waals surface area contributed by atoms with Crippen LogP contribution in [-0.4, -0.2) is 19.9 Å². The van der Waals surface area contributed by atoms with Crippen LogP contribution in [0.3, 0.4) is 0 Å². The first-order valence-corrected chi connectivity index (χ1v) is 11.0. The number of hydrogen-bond acceptors (Lipinski definition) is 3. The predicted molar refractivity (Wildman–Crippen MR) is 95.6 cm³/mol. The summed E-state index contributed by atoms with van der Waals surface area (Å²) in [7, 11) is -1.99. The molecule has 0 N–H and O–H groups in total. The Morgan fingerprint density at radius 3 is 1.87 bits per heavy atom. The number of allylic oxidation sites excluding steroid dienone is 4. The van der Waals surface area contributed by atoms with Gasteiger partial charge in [-0.2, -0.15) is 0 Å². The summed E-state index contributed by atoms with van der Waals surface area (Å²) in [4.78, 5) is 24.2. The number of hydrogen-bond donors (Lipinski definition) is 0. The third-order valence-corrected chi connectivity index (χ3v) is 11.7. The van der Waals surface area contributed by atoms with Crippen molar-refractivity contribution in [2.75, 3.05) is 0 Å². The standard InChI is InChI=1S/C19H30O3Si/c1-12(2)23(13(3)4,14(5)6)22-15-7-8-16-17(11-15)19(21)10-9-18(16)20/h7,9-10,12-14,16-17H,8,11H2,1-6H3/t16-,17+/m0/s1. The van der Waals surface area contributed by atoms with Gasteiger partial charge in [-0.15, -0.1) is 0 Å². The maximum Gasteiger partial charge on any atom is 0.258 e. The molecule has 2 aliphatic carbocycles. The summed E-state index contributed by atoms with van der Waals surface area (Å²) in [6, 6.07) is 0. The maximum atomic E-state index is 12.2. The largest absolute Gasteiger partial charge is 0.546 e. The van der Waals surface area contributed by atoms with Gasteiger partial charge < -0.3 is 4.43 Å². The summed E-state index contributed by atoms with van der Waals surface area (Å²) in [5.41, 5.74) is 1.51. The second kappa shape index (κ2) is 6.76. The molecule has 0 radical (unpaired) electrons. The van der Waals surface area contributed by atoms with Gasteiger partial charge in [0.1, 0.15) is 0 Å². The Morgan fingerprint density at radius 2 is 1.39 bits per heavy atom. The lowest BCUT2D eigenvalue weighted by Gasteiger charge is -2.44. The lowest BCUT2D eigenvalue weighted by molar-refractivity contribution is -0.129. The van der Waals surface area contributed by atoms with Crippen LogP contribution in [0, 0.1) is 11.8 Å². The number of fused-ring (bicyclic) bond motifs is 1. The molecule has 3 nitrogen and oxygen atoms in total. The zero-order chi connectivity index (χ0) is 17.4. The second-order valence-corrected chi connectivity index (χ2v) is 13.3. The molecule has 0 spiro atoms. The molecular weight excluding hydrogens is 304 g/mol. The molecule has 0 aromatic carbocycles. The van der Waals surface area contributed by atoms with Crippen molar-refractivity contribution in [1.82, 2.24) is 0 Å². The van der Waals surface area contributed by atoms with Crippen LogP contribution in [0.2, 0.25) is 16.6 Å². The van der Waals surface area contributed by atoms with E-state index in [-0.39, 0.29) is 23.4 Å². The third-order valence-electron chi connectivity index (χ3n) is 5.66. The van der Waals surface area contributed by atoms with E-state index in [9.17, 15) is 9.59 Å². The third kappa shape index (κ3) is 3.23. The molecule has 2 aliphatic rings. The topological polar surface area (TPSA) is 43.4 Å². The fraction of sp³-hybridized carbons (Fsp3) is 0.684. The molecule has 0 bridgehead atoms. The van der Waals surface area contributed by atoms with Crippen molar-refractivity contribution >= 4 is 19.9 Å². The van der Waals surface area contributed by atoms with Gasteiger partial charge in [0, 0.05) is 18.3 Å². The van der Waals surface area contributed by atoms with Crippen molar-refractivity contribution in [3.63, 3.8) is 0 Å². The molecule has 0 aliphatic heterocycles. The Hall–Kier alpha value is -1.16. The monoisotopic (exact) mass is 334 g/mol. The van der Waals surface area contributed by atoms with E-state index in [1.165, 1.54) is 12.2 Å². The normalized spacial score (nSPS) is 25.2. The number of carbonyl (C=O) groups excluding carboxylic acids is 2. The molecule has 0 fully saturated rings. The molecule has 128 valence electrons. The zero-order valence-electron chi connectivity index (χ0n) is 15.3. The minimum Gasteiger partial charge on any atom is -0.546 e. The second-order valence-electron chi connectivity index (χ2n) is 7.88. The highest BCUT2D eigenvalue weighted by Crippen LogP contribution is 2.45. The summed E-state index contributed by atoms with van der Waals surface area (Å²) < 4.78 is 6.71. The van der Waals surface area contributed by atoms with Crippen LogP contribution in [0.4, 0.5) is 0 Å². The zero-order valence-corrected chi connectivity index (χ0v) is 16.3. The SMILES string of the molecule is CC(C)[Si](OC1=CC[C@@H]2C(=O)C=CC(=O)[C@@H]2C1)(C(C)C)C(C)C. The Labute approximate surface area is 141 Å². The Morgan fingerprint density at radius 1 is 0.913 bits per heavy atom. The first kappa shape index (κ1) is 18.2. The Balaban J connectivity index is 2.26. The number of ketones is 2. The van der Waals surface area contributed by atoms with E-state index in [2.05, 4.69) is 47.6 Å². The van der Waals surface area contributed by atoms with Crippen molar-refractivity contribution < 1.29 is 14.0 Å². The van der Waals surface area contributed by atoms with E-state index >= 15 is 0 Å². The molecule has 0 saturated heterocycles. The average Bonchev–Trinajstić information content (AvgIpc) is 2.47. The van der Waals surface area contributed by atoms with Gasteiger partial charge >= 0.3 is 0 Å². The summed E-state index contributed by atoms with van der Waals surface area (Å²) in [6.45, 7) is 13.6. The summed E-state index contributed by atoms with van der Waals surface area (Å²) in [5.74, 6) is 0.726. The van der Waals surface area contributed by atoms with Gasteiger partial charge in [-0.3, -0.25) is 9.59 Å². The molecule has 0 saturated carbocycles. The highest BCUT2D eigenvalue weighted by atomic mass is 28.4. The molecule has 4 heteroatoms. The van der Waals surface area contributed by atoms with E-state index in [4.69, 9.17) is 4.43 Å². The van der Waals surface area contributed by atoms with E-state index in [1.54, 1.807) is 0 Å². The quantitative estimate of drug-likeness (QED) is 0.679. The van der Waals surface area contributed by atoms with Crippen LogP contribution in [0.1, 0.15) is 54.4 Å². The lowest BCUT2D eigenvalue weighted by Crippen LogP contribution is -2.48. The highest BCUT2D eigenvalue weighted by Gasteiger charge is 2.48. The predicted octanol–water partition coefficient (Wildman–Crippen LogP) is 4.80. The van der Waals surface area contributed by atoms with Crippen LogP contribution in [0.5, 0.6) is 0 Å². The molecule has 0 unspecified atom stereocenters. The van der Waals surface area contributed by atoms with E-state index in [1.807, 2.05) is 0 Å². The van der Waals surface area contributed by atoms with Crippen molar-refractivity contribution in [2.24, 2.45) is 11.8 Å². The highest BCUT2D eigenvalue weighted by molar-refractivity contribution is 6.77. The van der Waals surface area contributed by atoms with Gasteiger partial charge in [-0.05, 0) is 41.3 Å². The lowest BCUT2D eigenvalue weighted by atomic mass is 9.74. The van der Waals surface area contributed by atoms with E-state index < -0.39 is 8.32 Å². The van der Waals surface area contributed by atoms with Crippen molar-refractivity contribution in [3.05, 3.63) is 24.0 Å². The molecule has 23 heavy (non-hydrogen) atoms. The Kier molecular flexibility index (Phi) is 5.34. The van der Waals surface area contributed by atoms with Crippen LogP contribution < -0.4 is 0 Å². The first-order valence-electron chi connectivity index (χ1n) is 8.83. The summed E-state index contributed by atoms with van der Waals surface area (Å²) >= 11 is 0. The molecule has 0 heterocycles. The van der Waals surface area contributed by atoms with Gasteiger partial charge in [-0.1, -0.05) is 41.5 Å². The molecule has 0 amide bonds. The van der Waals surface area contributed by atoms with Crippen LogP contribution in [-0.2, 0) is 14.0 Å². The number of carbonyl (C=O) groups is 2. The van der Waals surface area contributed by atoms with Gasteiger partial charge in [-0.25, -0.2) is 0 Å². The minimum absolute atomic E-state index is 0.0784. The maximum absolute atomic E-state index is 12.2. The molecule has 0 aromatic heterocycles. The minimum atomic E-state index is -1.99. The molecule has 2 atom stereocenters. The van der Waals surface area contributed by atoms with Crippen LogP contribution in [0.25, 0.3) is 0 Å². The van der Waals surface area contributed by atoms with Crippen molar-refractivity contribution in [2.45, 2.75) is 71.0 Å². The Bertz CT molecular complexity index is 521. The molecular formula is C19H30O3Si. The average molecular weight is 335 g/mol. The van der Waals surface area contributed by atoms with Gasteiger partial charge in [0.15, 0.2) is 11.6 Å². The van der Waals surface area contributed by atoms with Crippen molar-refractivity contribution in [3.8, 4) is 0 Å². The van der Waals surface area contributed by atoms with Gasteiger partial charge in [0.25, 0.3) is 8.32 Å². The smallest absolute Gasteiger partial charge is 0.258 e. The molecule has 2 rings (SSSR count). The summed E-state index contributed by atoms with van der Waals surface area (Å²) in [6.07, 6.45) is 6.18. The fourth-order valence-corrected chi connectivity index (χ4v) is 9.88. The van der Waals surface area contributed by atoms with Gasteiger partial charge in [0.2, 0.25) is 0 Å². The van der Waals surface area contributed by atoms with E-state index in [0.717, 1.165) is 5.76 Å². The fourth-order valence-electron chi connectivity index (χ4n) is 4.55. The van der Waals surface area contributed by atoms with Crippen molar-refractivity contribution in [1.29, 1.82) is 0 Å². The van der Waals surface area contributed by atoms with E-state index in [0.29, 0.717) is 29.5 Å². The van der Waals surface area contributed by atoms with Crippen LogP contribution >= 0.6 is 0 Å². The number of rotatable bonds is 5. The molecule has 0 aromatic rings. The first-order chi connectivity index (χ1) is 10.7. The van der Waals surface area contributed by atoms with Gasteiger partial charge in [0.05, 0.1) is 5.76 Å². The van der Waals surface area contributed by atoms with Crippen LogP contribution in [0.15, 0.2) is 24.0 Å².